The van der Waals surface area contributed by atoms with Crippen molar-refractivity contribution in [1.29, 1.82) is 0 Å². The number of hydrogen-bond donors (Lipinski definition) is 1. The molecule has 0 unspecified atom stereocenters. The number of amides is 2. The van der Waals surface area contributed by atoms with E-state index in [9.17, 15) is 9.59 Å². The Hall–Kier alpha value is -4.06. The molecule has 0 aliphatic carbocycles. The van der Waals surface area contributed by atoms with Gasteiger partial charge in [-0.05, 0) is 54.6 Å². The Morgan fingerprint density at radius 2 is 1.50 bits per heavy atom. The number of nitrogens with two attached hydrogens (primary N) is 1. The highest BCUT2D eigenvalue weighted by atomic mass is 16.5. The number of hydrogen-bond acceptors (Lipinski definition) is 4. The van der Waals surface area contributed by atoms with E-state index in [2.05, 4.69) is 0 Å². The minimum Gasteiger partial charge on any atom is -0.461 e. The van der Waals surface area contributed by atoms with E-state index < -0.39 is 5.91 Å². The zero-order valence-electron chi connectivity index (χ0n) is 18.0. The zero-order valence-corrected chi connectivity index (χ0v) is 18.0. The maximum atomic E-state index is 13.0. The normalized spacial score (nSPS) is 10.8. The van der Waals surface area contributed by atoms with Crippen LogP contribution in [0.15, 0.2) is 77.2 Å². The van der Waals surface area contributed by atoms with E-state index in [4.69, 9.17) is 14.9 Å². The Morgan fingerprint density at radius 3 is 2.09 bits per heavy atom. The van der Waals surface area contributed by atoms with Gasteiger partial charge in [0.1, 0.15) is 22.8 Å². The van der Waals surface area contributed by atoms with Crippen molar-refractivity contribution < 1.29 is 18.7 Å². The third-order valence-electron chi connectivity index (χ3n) is 5.32. The summed E-state index contributed by atoms with van der Waals surface area (Å²) in [5, 5.41) is 1.04. The van der Waals surface area contributed by atoms with Gasteiger partial charge in [-0.15, -0.1) is 0 Å². The fraction of sp³-hybridized carbons (Fsp3) is 0.154. The molecule has 0 atom stereocenters. The summed E-state index contributed by atoms with van der Waals surface area (Å²) in [5.41, 5.74) is 8.11. The molecule has 162 valence electrons. The second-order valence-corrected chi connectivity index (χ2v) is 7.53. The van der Waals surface area contributed by atoms with Gasteiger partial charge in [0.2, 0.25) is 5.91 Å². The van der Waals surface area contributed by atoms with Crippen LogP contribution >= 0.6 is 0 Å². The summed E-state index contributed by atoms with van der Waals surface area (Å²) in [7, 11) is 1.79. The van der Waals surface area contributed by atoms with Gasteiger partial charge in [-0.2, -0.15) is 0 Å². The number of carbonyl (C=O) groups excluding carboxylic acids is 2. The summed E-state index contributed by atoms with van der Waals surface area (Å²) in [6.45, 7) is 2.51. The molecule has 1 heterocycles. The quantitative estimate of drug-likeness (QED) is 0.441. The van der Waals surface area contributed by atoms with Gasteiger partial charge in [-0.3, -0.25) is 9.59 Å². The molecule has 3 aromatic carbocycles. The van der Waals surface area contributed by atoms with Crippen molar-refractivity contribution in [2.75, 3.05) is 7.05 Å². The van der Waals surface area contributed by atoms with E-state index in [1.165, 1.54) is 0 Å². The highest BCUT2D eigenvalue weighted by Crippen LogP contribution is 2.28. The van der Waals surface area contributed by atoms with E-state index >= 15 is 0 Å². The lowest BCUT2D eigenvalue weighted by Crippen LogP contribution is -2.26. The Bertz CT molecular complexity index is 1260. The predicted molar refractivity (Wildman–Crippen MR) is 123 cm³/mol. The van der Waals surface area contributed by atoms with Crippen molar-refractivity contribution >= 4 is 22.8 Å². The van der Waals surface area contributed by atoms with Gasteiger partial charge in [0.25, 0.3) is 5.91 Å². The fourth-order valence-electron chi connectivity index (χ4n) is 3.63. The number of carbonyl (C=O) groups is 2. The van der Waals surface area contributed by atoms with Crippen molar-refractivity contribution in [1.82, 2.24) is 4.90 Å². The SMILES string of the molecule is CCc1oc2ccccc2c1CN(C)C(=O)c1ccc(Oc2ccc(C(N)=O)cc2)cc1. The van der Waals surface area contributed by atoms with Crippen molar-refractivity contribution in [2.24, 2.45) is 5.73 Å². The summed E-state index contributed by atoms with van der Waals surface area (Å²) in [6.07, 6.45) is 0.762. The van der Waals surface area contributed by atoms with Crippen molar-refractivity contribution in [2.45, 2.75) is 19.9 Å². The maximum absolute atomic E-state index is 13.0. The predicted octanol–water partition coefficient (Wildman–Crippen LogP) is 5.16. The number of nitrogens with zero attached hydrogens (tertiary/aromatic N) is 1. The minimum absolute atomic E-state index is 0.0882. The van der Waals surface area contributed by atoms with Crippen LogP contribution < -0.4 is 10.5 Å². The van der Waals surface area contributed by atoms with Crippen molar-refractivity contribution in [3.8, 4) is 11.5 Å². The topological polar surface area (TPSA) is 85.8 Å². The Morgan fingerprint density at radius 1 is 0.906 bits per heavy atom. The number of primary amides is 1. The first-order valence-electron chi connectivity index (χ1n) is 10.4. The molecule has 0 spiro atoms. The molecule has 0 bridgehead atoms. The standard InChI is InChI=1S/C26H24N2O4/c1-3-23-22(21-6-4-5-7-24(21)32-23)16-28(2)26(30)18-10-14-20(15-11-18)31-19-12-8-17(9-13-19)25(27)29/h4-15H,3,16H2,1-2H3,(H2,27,29). The lowest BCUT2D eigenvalue weighted by Gasteiger charge is -2.18. The second kappa shape index (κ2) is 8.98. The Balaban J connectivity index is 1.46. The average Bonchev–Trinajstić information content (AvgIpc) is 3.17. The zero-order chi connectivity index (χ0) is 22.7. The van der Waals surface area contributed by atoms with Crippen LogP contribution in [-0.2, 0) is 13.0 Å². The van der Waals surface area contributed by atoms with Crippen LogP contribution in [0.4, 0.5) is 0 Å². The van der Waals surface area contributed by atoms with Crippen molar-refractivity contribution in [3.05, 3.63) is 95.2 Å². The molecular weight excluding hydrogens is 404 g/mol. The molecule has 2 N–H and O–H groups in total. The van der Waals surface area contributed by atoms with Gasteiger partial charge >= 0.3 is 0 Å². The first-order valence-corrected chi connectivity index (χ1v) is 10.4. The number of para-hydroxylation sites is 1. The monoisotopic (exact) mass is 428 g/mol. The van der Waals surface area contributed by atoms with E-state index in [1.54, 1.807) is 60.5 Å². The van der Waals surface area contributed by atoms with Crippen LogP contribution in [0.2, 0.25) is 0 Å². The molecule has 4 rings (SSSR count). The summed E-state index contributed by atoms with van der Waals surface area (Å²) in [5.74, 6) is 1.49. The number of benzene rings is 3. The van der Waals surface area contributed by atoms with Crippen LogP contribution in [0.5, 0.6) is 11.5 Å². The van der Waals surface area contributed by atoms with Gasteiger partial charge in [0.05, 0.1) is 0 Å². The molecule has 1 aromatic heterocycles. The van der Waals surface area contributed by atoms with E-state index in [-0.39, 0.29) is 5.91 Å². The Kier molecular flexibility index (Phi) is 5.94. The van der Waals surface area contributed by atoms with Crippen LogP contribution in [0.1, 0.15) is 39.0 Å². The molecule has 0 aliphatic heterocycles. The van der Waals surface area contributed by atoms with Gasteiger partial charge in [0, 0.05) is 42.1 Å². The molecule has 0 aliphatic rings. The molecule has 0 radical (unpaired) electrons. The molecule has 4 aromatic rings. The van der Waals surface area contributed by atoms with E-state index in [1.807, 2.05) is 31.2 Å². The molecule has 0 saturated carbocycles. The number of furan rings is 1. The average molecular weight is 428 g/mol. The van der Waals surface area contributed by atoms with Gasteiger partial charge < -0.3 is 19.8 Å². The molecular formula is C26H24N2O4. The third-order valence-corrected chi connectivity index (χ3v) is 5.32. The maximum Gasteiger partial charge on any atom is 0.253 e. The first kappa shape index (κ1) is 21.2. The van der Waals surface area contributed by atoms with E-state index in [0.29, 0.717) is 29.2 Å². The summed E-state index contributed by atoms with van der Waals surface area (Å²) in [6, 6.07) is 21.4. The molecule has 6 nitrogen and oxygen atoms in total. The molecule has 2 amide bonds. The minimum atomic E-state index is -0.488. The molecule has 6 heteroatoms. The third kappa shape index (κ3) is 4.34. The highest BCUT2D eigenvalue weighted by molar-refractivity contribution is 5.94. The lowest BCUT2D eigenvalue weighted by atomic mass is 10.1. The number of fused-ring (bicyclic) bond motifs is 1. The van der Waals surface area contributed by atoms with Gasteiger partial charge in [-0.1, -0.05) is 25.1 Å². The number of aryl methyl sites for hydroxylation is 1. The van der Waals surface area contributed by atoms with Crippen molar-refractivity contribution in [3.63, 3.8) is 0 Å². The molecule has 32 heavy (non-hydrogen) atoms. The summed E-state index contributed by atoms with van der Waals surface area (Å²) in [4.78, 5) is 25.8. The van der Waals surface area contributed by atoms with Gasteiger partial charge in [0.15, 0.2) is 0 Å². The highest BCUT2D eigenvalue weighted by Gasteiger charge is 2.18. The lowest BCUT2D eigenvalue weighted by molar-refractivity contribution is 0.0784. The summed E-state index contributed by atoms with van der Waals surface area (Å²) >= 11 is 0. The van der Waals surface area contributed by atoms with E-state index in [0.717, 1.165) is 28.7 Å². The fourth-order valence-corrected chi connectivity index (χ4v) is 3.63. The number of rotatable bonds is 7. The van der Waals surface area contributed by atoms with Gasteiger partial charge in [-0.25, -0.2) is 0 Å². The summed E-state index contributed by atoms with van der Waals surface area (Å²) < 4.78 is 11.7. The molecule has 0 fully saturated rings. The Labute approximate surface area is 186 Å². The molecule has 0 saturated heterocycles. The van der Waals surface area contributed by atoms with Crippen LogP contribution in [0, 0.1) is 0 Å². The smallest absolute Gasteiger partial charge is 0.253 e. The van der Waals surface area contributed by atoms with Crippen LogP contribution in [-0.4, -0.2) is 23.8 Å². The largest absolute Gasteiger partial charge is 0.461 e. The second-order valence-electron chi connectivity index (χ2n) is 7.53. The number of ether oxygens (including phenoxy) is 1. The first-order chi connectivity index (χ1) is 15.5. The van der Waals surface area contributed by atoms with Crippen LogP contribution in [0.25, 0.3) is 11.0 Å². The van der Waals surface area contributed by atoms with Crippen LogP contribution in [0.3, 0.4) is 0 Å².